The van der Waals surface area contributed by atoms with Gasteiger partial charge in [0.15, 0.2) is 0 Å². The van der Waals surface area contributed by atoms with Crippen molar-refractivity contribution in [1.29, 1.82) is 0 Å². The summed E-state index contributed by atoms with van der Waals surface area (Å²) < 4.78 is 6.00. The summed E-state index contributed by atoms with van der Waals surface area (Å²) in [6.07, 6.45) is 5.14. The van der Waals surface area contributed by atoms with E-state index in [-0.39, 0.29) is 11.9 Å². The number of nitrogens with one attached hydrogen (secondary N) is 2. The van der Waals surface area contributed by atoms with Crippen LogP contribution in [0.3, 0.4) is 0 Å². The van der Waals surface area contributed by atoms with Crippen molar-refractivity contribution in [2.24, 2.45) is 0 Å². The molecule has 1 aliphatic rings. The lowest BCUT2D eigenvalue weighted by molar-refractivity contribution is -0.121. The van der Waals surface area contributed by atoms with Crippen LogP contribution in [0.5, 0.6) is 5.75 Å². The topological polar surface area (TPSA) is 70.7 Å². The first-order valence-electron chi connectivity index (χ1n) is 10.1. The molecule has 28 heavy (non-hydrogen) atoms. The van der Waals surface area contributed by atoms with Crippen molar-refractivity contribution >= 4 is 17.9 Å². The smallest absolute Gasteiger partial charge is 0.219 e. The average Bonchev–Trinajstić information content (AvgIpc) is 3.04. The van der Waals surface area contributed by atoms with E-state index in [2.05, 4.69) is 24.1 Å². The van der Waals surface area contributed by atoms with Gasteiger partial charge in [-0.1, -0.05) is 26.3 Å². The molecule has 0 radical (unpaired) electrons. The lowest BCUT2D eigenvalue weighted by atomic mass is 10.1. The van der Waals surface area contributed by atoms with Gasteiger partial charge in [0.1, 0.15) is 18.6 Å². The van der Waals surface area contributed by atoms with Gasteiger partial charge in [0.25, 0.3) is 0 Å². The van der Waals surface area contributed by atoms with E-state index in [1.807, 2.05) is 30.1 Å². The van der Waals surface area contributed by atoms with Crippen molar-refractivity contribution in [1.82, 2.24) is 15.5 Å². The first kappa shape index (κ1) is 22.0. The van der Waals surface area contributed by atoms with Gasteiger partial charge in [0.05, 0.1) is 6.04 Å². The van der Waals surface area contributed by atoms with Gasteiger partial charge in [-0.2, -0.15) is 0 Å². The predicted octanol–water partition coefficient (Wildman–Crippen LogP) is 2.72. The highest BCUT2D eigenvalue weighted by Gasteiger charge is 2.28. The summed E-state index contributed by atoms with van der Waals surface area (Å²) in [5, 5.41) is 5.90. The van der Waals surface area contributed by atoms with E-state index in [0.29, 0.717) is 32.0 Å². The summed E-state index contributed by atoms with van der Waals surface area (Å²) in [7, 11) is 3.57. The van der Waals surface area contributed by atoms with Crippen molar-refractivity contribution in [3.63, 3.8) is 0 Å². The summed E-state index contributed by atoms with van der Waals surface area (Å²) in [5.74, 6) is 0.769. The second-order valence-corrected chi connectivity index (χ2v) is 7.25. The number of aldehydes is 1. The zero-order chi connectivity index (χ0) is 20.5. The number of hydrogen-bond donors (Lipinski definition) is 2. The SMILES string of the molecule is C=C1c2ccc(OCC(CCCC)NC)cc2CN1C(C=O)CCC(=O)NC. The van der Waals surface area contributed by atoms with Crippen LogP contribution in [-0.4, -0.2) is 49.9 Å². The molecule has 1 amide bonds. The lowest BCUT2D eigenvalue weighted by Gasteiger charge is -2.26. The molecule has 0 aliphatic carbocycles. The first-order chi connectivity index (χ1) is 13.5. The lowest BCUT2D eigenvalue weighted by Crippen LogP contribution is -2.32. The molecule has 2 atom stereocenters. The molecule has 2 unspecified atom stereocenters. The molecular formula is C22H33N3O3. The molecule has 2 rings (SSSR count). The molecule has 2 N–H and O–H groups in total. The molecule has 0 saturated heterocycles. The summed E-state index contributed by atoms with van der Waals surface area (Å²) in [5.41, 5.74) is 2.96. The maximum Gasteiger partial charge on any atom is 0.219 e. The number of carbonyl (C=O) groups is 2. The third kappa shape index (κ3) is 5.58. The van der Waals surface area contributed by atoms with Crippen molar-refractivity contribution in [3.05, 3.63) is 35.9 Å². The van der Waals surface area contributed by atoms with E-state index in [4.69, 9.17) is 4.74 Å². The second-order valence-electron chi connectivity index (χ2n) is 7.25. The van der Waals surface area contributed by atoms with Crippen LogP contribution < -0.4 is 15.4 Å². The second kappa shape index (κ2) is 10.9. The molecule has 1 aromatic rings. The zero-order valence-electron chi connectivity index (χ0n) is 17.3. The van der Waals surface area contributed by atoms with Crippen LogP contribution in [0.1, 0.15) is 50.2 Å². The van der Waals surface area contributed by atoms with Crippen LogP contribution in [0.2, 0.25) is 0 Å². The number of nitrogens with zero attached hydrogens (tertiary/aromatic N) is 1. The number of benzene rings is 1. The van der Waals surface area contributed by atoms with Gasteiger partial charge in [-0.3, -0.25) is 4.79 Å². The fourth-order valence-corrected chi connectivity index (χ4v) is 3.48. The van der Waals surface area contributed by atoms with E-state index < -0.39 is 0 Å². The van der Waals surface area contributed by atoms with Crippen LogP contribution in [0.15, 0.2) is 24.8 Å². The Morgan fingerprint density at radius 1 is 1.36 bits per heavy atom. The number of ether oxygens (including phenoxy) is 1. The molecule has 1 aliphatic heterocycles. The number of amides is 1. The Hall–Kier alpha value is -2.34. The van der Waals surface area contributed by atoms with E-state index in [1.165, 1.54) is 12.8 Å². The highest BCUT2D eigenvalue weighted by molar-refractivity contribution is 5.77. The van der Waals surface area contributed by atoms with Crippen LogP contribution >= 0.6 is 0 Å². The maximum absolute atomic E-state index is 11.6. The minimum Gasteiger partial charge on any atom is -0.492 e. The first-order valence-corrected chi connectivity index (χ1v) is 10.1. The summed E-state index contributed by atoms with van der Waals surface area (Å²) in [6.45, 7) is 7.58. The van der Waals surface area contributed by atoms with Crippen molar-refractivity contribution in [3.8, 4) is 5.75 Å². The number of unbranched alkanes of at least 4 members (excludes halogenated alkanes) is 1. The molecule has 0 spiro atoms. The Morgan fingerprint density at radius 2 is 2.14 bits per heavy atom. The number of carbonyl (C=O) groups excluding carboxylic acids is 2. The van der Waals surface area contributed by atoms with E-state index in [1.54, 1.807) is 7.05 Å². The van der Waals surface area contributed by atoms with E-state index in [0.717, 1.165) is 35.3 Å². The zero-order valence-corrected chi connectivity index (χ0v) is 17.3. The summed E-state index contributed by atoms with van der Waals surface area (Å²) in [6, 6.07) is 5.98. The molecule has 0 aromatic heterocycles. The molecule has 0 saturated carbocycles. The van der Waals surface area contributed by atoms with Gasteiger partial charge in [-0.25, -0.2) is 0 Å². The highest BCUT2D eigenvalue weighted by atomic mass is 16.5. The minimum atomic E-state index is -0.357. The largest absolute Gasteiger partial charge is 0.492 e. The quantitative estimate of drug-likeness (QED) is 0.540. The Labute approximate surface area is 168 Å². The van der Waals surface area contributed by atoms with Gasteiger partial charge >= 0.3 is 0 Å². The molecule has 154 valence electrons. The maximum atomic E-state index is 11.6. The van der Waals surface area contributed by atoms with Crippen LogP contribution in [0.4, 0.5) is 0 Å². The van der Waals surface area contributed by atoms with E-state index in [9.17, 15) is 9.59 Å². The Balaban J connectivity index is 2.00. The highest BCUT2D eigenvalue weighted by Crippen LogP contribution is 2.35. The van der Waals surface area contributed by atoms with Crippen LogP contribution in [0.25, 0.3) is 5.70 Å². The van der Waals surface area contributed by atoms with Crippen molar-refractivity contribution < 1.29 is 14.3 Å². The van der Waals surface area contributed by atoms with Gasteiger partial charge < -0.3 is 25.1 Å². The van der Waals surface area contributed by atoms with E-state index >= 15 is 0 Å². The van der Waals surface area contributed by atoms with Gasteiger partial charge in [-0.15, -0.1) is 0 Å². The molecule has 6 heteroatoms. The average molecular weight is 388 g/mol. The Kier molecular flexibility index (Phi) is 8.51. The molecule has 0 bridgehead atoms. The standard InChI is InChI=1S/C22H33N3O3/c1-5-6-7-18(23-3)15-28-20-9-10-21-16(2)25(13-17(21)12-20)19(14-26)8-11-22(27)24-4/h9-10,12,14,18-19,23H,2,5-8,11,13,15H2,1,3-4H3,(H,24,27). The third-order valence-electron chi connectivity index (χ3n) is 5.34. The molecular weight excluding hydrogens is 354 g/mol. The minimum absolute atomic E-state index is 0.0629. The third-order valence-corrected chi connectivity index (χ3v) is 5.34. The number of hydrogen-bond acceptors (Lipinski definition) is 5. The van der Waals surface area contributed by atoms with Gasteiger partial charge in [0, 0.05) is 37.3 Å². The van der Waals surface area contributed by atoms with Crippen molar-refractivity contribution in [2.45, 2.75) is 57.7 Å². The monoisotopic (exact) mass is 387 g/mol. The molecule has 1 heterocycles. The Morgan fingerprint density at radius 3 is 2.79 bits per heavy atom. The fourth-order valence-electron chi connectivity index (χ4n) is 3.48. The van der Waals surface area contributed by atoms with Crippen LogP contribution in [-0.2, 0) is 16.1 Å². The normalized spacial score (nSPS) is 15.1. The van der Waals surface area contributed by atoms with Crippen molar-refractivity contribution in [2.75, 3.05) is 20.7 Å². The molecule has 0 fully saturated rings. The number of fused-ring (bicyclic) bond motifs is 1. The van der Waals surface area contributed by atoms with Crippen LogP contribution in [0, 0.1) is 0 Å². The van der Waals surface area contributed by atoms with Gasteiger partial charge in [-0.05, 0) is 43.7 Å². The number of likely N-dealkylation sites (N-methyl/N-ethyl adjacent to an activating group) is 1. The predicted molar refractivity (Wildman–Crippen MR) is 112 cm³/mol. The summed E-state index contributed by atoms with van der Waals surface area (Å²) >= 11 is 0. The fraction of sp³-hybridized carbons (Fsp3) is 0.545. The Bertz CT molecular complexity index is 690. The summed E-state index contributed by atoms with van der Waals surface area (Å²) in [4.78, 5) is 25.1. The van der Waals surface area contributed by atoms with Gasteiger partial charge in [0.2, 0.25) is 5.91 Å². The molecule has 6 nitrogen and oxygen atoms in total. The molecule has 1 aromatic carbocycles. The number of rotatable bonds is 12.